The quantitative estimate of drug-likeness (QED) is 0.0863. The summed E-state index contributed by atoms with van der Waals surface area (Å²) in [5.74, 6) is -2.86. The third-order valence-corrected chi connectivity index (χ3v) is 16.5. The summed E-state index contributed by atoms with van der Waals surface area (Å²) < 4.78 is 85.8. The van der Waals surface area contributed by atoms with Crippen LogP contribution in [0.5, 0.6) is 0 Å². The maximum Gasteiger partial charge on any atom is 0.408 e. The van der Waals surface area contributed by atoms with Crippen LogP contribution in [0.2, 0.25) is 0 Å². The summed E-state index contributed by atoms with van der Waals surface area (Å²) in [4.78, 5) is 38.3. The van der Waals surface area contributed by atoms with E-state index in [4.69, 9.17) is 71.1 Å². The van der Waals surface area contributed by atoms with E-state index in [1.807, 2.05) is 0 Å². The fourth-order valence-corrected chi connectivity index (χ4v) is 11.6. The van der Waals surface area contributed by atoms with Gasteiger partial charge >= 0.3 is 12.1 Å². The molecule has 21 heterocycles. The van der Waals surface area contributed by atoms with Crippen LogP contribution >= 0.6 is 0 Å². The number of ether oxygens (including phenoxy) is 15. The van der Waals surface area contributed by atoms with Crippen LogP contribution in [-0.4, -0.2) is 398 Å². The Morgan fingerprint density at radius 3 is 0.750 bits per heavy atom. The molecular weight excluding hydrogens is 1260 g/mol. The van der Waals surface area contributed by atoms with Gasteiger partial charge in [-0.3, -0.25) is 9.59 Å². The summed E-state index contributed by atoms with van der Waals surface area (Å²) in [5.41, 5.74) is -1.14. The van der Waals surface area contributed by atoms with Crippen LogP contribution in [0.15, 0.2) is 0 Å². The first kappa shape index (κ1) is 74.6. The van der Waals surface area contributed by atoms with Crippen LogP contribution in [0.3, 0.4) is 0 Å². The van der Waals surface area contributed by atoms with Gasteiger partial charge in [0, 0.05) is 6.54 Å². The predicted octanol–water partition coefficient (Wildman–Crippen LogP) is -14.7. The van der Waals surface area contributed by atoms with Gasteiger partial charge in [0.15, 0.2) is 44.0 Å². The second-order valence-corrected chi connectivity index (χ2v) is 24.0. The molecule has 0 aromatic heterocycles. The zero-order valence-electron chi connectivity index (χ0n) is 49.2. The number of rotatable bonds is 12. The molecule has 21 saturated heterocycles. The van der Waals surface area contributed by atoms with Crippen LogP contribution in [0.4, 0.5) is 4.79 Å². The van der Waals surface area contributed by atoms with E-state index in [1.54, 1.807) is 0 Å². The lowest BCUT2D eigenvalue weighted by Crippen LogP contribution is -2.68. The van der Waals surface area contributed by atoms with Gasteiger partial charge in [0.1, 0.15) is 183 Å². The van der Waals surface area contributed by atoms with E-state index < -0.39 is 297 Å². The topological polar surface area (TPSA) is 639 Å². The van der Waals surface area contributed by atoms with Gasteiger partial charge in [-0.25, -0.2) is 4.79 Å². The van der Waals surface area contributed by atoms with Crippen molar-refractivity contribution in [3.63, 3.8) is 0 Å². The number of hydrogen-bond acceptors (Lipinski definition) is 38. The van der Waals surface area contributed by atoms with Gasteiger partial charge in [-0.1, -0.05) is 0 Å². The molecule has 2 unspecified atom stereocenters. The summed E-state index contributed by atoms with van der Waals surface area (Å²) in [6.45, 7) is -3.24. The van der Waals surface area contributed by atoms with Crippen molar-refractivity contribution in [3.05, 3.63) is 0 Å². The average Bonchev–Trinajstić information content (AvgIpc) is 0.794. The van der Waals surface area contributed by atoms with Gasteiger partial charge in [0.25, 0.3) is 0 Å². The van der Waals surface area contributed by atoms with E-state index in [1.165, 1.54) is 20.8 Å². The first-order valence-corrected chi connectivity index (χ1v) is 29.2. The Balaban J connectivity index is 1.11. The van der Waals surface area contributed by atoms with Crippen molar-refractivity contribution in [2.24, 2.45) is 0 Å². The average molecular weight is 1350 g/mol. The molecule has 21 rings (SSSR count). The fourth-order valence-electron chi connectivity index (χ4n) is 11.6. The molecule has 41 heteroatoms. The Morgan fingerprint density at radius 2 is 0.554 bits per heavy atom. The Hall–Kier alpha value is -3.15. The van der Waals surface area contributed by atoms with E-state index in [2.05, 4.69) is 10.6 Å². The van der Waals surface area contributed by atoms with Crippen molar-refractivity contribution in [1.29, 1.82) is 0 Å². The van der Waals surface area contributed by atoms with Crippen LogP contribution in [-0.2, 0) is 80.6 Å². The number of carbonyl (C=O) groups excluding carboxylic acids is 2. The number of carbonyl (C=O) groups is 3. The van der Waals surface area contributed by atoms with Crippen LogP contribution in [0.1, 0.15) is 27.2 Å². The minimum atomic E-state index is -2.39. The number of nitrogens with one attached hydrogen (secondary N) is 2. The van der Waals surface area contributed by atoms with Crippen molar-refractivity contribution >= 4 is 18.0 Å². The second-order valence-electron chi connectivity index (χ2n) is 24.0. The number of alkyl carbamates (subject to hydrolysis) is 1. The molecule has 14 bridgehead atoms. The lowest BCUT2D eigenvalue weighted by Gasteiger charge is -2.50. The van der Waals surface area contributed by atoms with Gasteiger partial charge in [-0.2, -0.15) is 0 Å². The van der Waals surface area contributed by atoms with Gasteiger partial charge in [-0.15, -0.1) is 0 Å². The molecule has 532 valence electrons. The van der Waals surface area contributed by atoms with E-state index in [0.717, 1.165) is 0 Å². The molecular formula is C51H84N2O39. The van der Waals surface area contributed by atoms with Crippen molar-refractivity contribution in [1.82, 2.24) is 10.6 Å². The highest BCUT2D eigenvalue weighted by Crippen LogP contribution is 2.39. The first-order valence-electron chi connectivity index (χ1n) is 29.2. The van der Waals surface area contributed by atoms with Gasteiger partial charge < -0.3 is 189 Å². The van der Waals surface area contributed by atoms with E-state index in [-0.39, 0.29) is 0 Å². The largest absolute Gasteiger partial charge is 0.481 e. The molecule has 0 aliphatic carbocycles. The molecule has 21 aliphatic rings. The standard InChI is InChI=1S/C51H84N2O39/c1-51(2,3)92-50(77)53-12(4-20(60)61)42(76)52-5-13-35-21(62)28(69)43(78-13)86-36-14(6-54)80-45(30(71)23(36)64)88-38-16(8-56)82-47(32(73)25(38)66)90-40-18(10-58)84-49(34(75)27(40)68)91-41-19(11-59)83-48(33(74)26(41)67)89-39-17(9-57)81-46(31(72)24(39)65)87-37-15(7-55)79-44(85-35)29(70)22(37)63/h12-19,21-41,43-49,54-59,62-75H,4-11H2,1-3H3,(H,52,76)(H,53,77)(H,60,61)/t12?,13-,14-,15-,16-,17-,18-,19-,21-,22-,23-,24-,25-,26-,27-,28-,29?,30-,31-,32-,33-,34-,35-,36-,37-,38-,39-,40-,41-,43-,44-,45-,46-,47-,48-,49-/m1/s1. The van der Waals surface area contributed by atoms with Crippen molar-refractivity contribution in [3.8, 4) is 0 Å². The minimum Gasteiger partial charge on any atom is -0.481 e. The molecule has 21 aliphatic heterocycles. The Morgan fingerprint density at radius 1 is 0.348 bits per heavy atom. The summed E-state index contributed by atoms with van der Waals surface area (Å²) >= 11 is 0. The Bertz CT molecular complexity index is 2350. The maximum atomic E-state index is 13.7. The van der Waals surface area contributed by atoms with Crippen LogP contribution in [0.25, 0.3) is 0 Å². The normalized spacial score (nSPS) is 48.6. The Kier molecular flexibility index (Phi) is 25.6. The molecule has 36 atom stereocenters. The zero-order chi connectivity index (χ0) is 67.7. The van der Waals surface area contributed by atoms with E-state index in [0.29, 0.717) is 0 Å². The van der Waals surface area contributed by atoms with E-state index >= 15 is 0 Å². The lowest BCUT2D eigenvalue weighted by molar-refractivity contribution is -0.396. The maximum absolute atomic E-state index is 13.7. The second kappa shape index (κ2) is 31.6. The lowest BCUT2D eigenvalue weighted by atomic mass is 9.95. The number of carboxylic acids is 1. The number of aliphatic hydroxyl groups excluding tert-OH is 20. The first-order chi connectivity index (χ1) is 43.4. The van der Waals surface area contributed by atoms with Crippen molar-refractivity contribution in [2.75, 3.05) is 46.2 Å². The molecule has 2 amide bonds. The molecule has 0 aromatic carbocycles. The number of carboxylic acid groups (broad SMARTS) is 1. The zero-order valence-corrected chi connectivity index (χ0v) is 49.2. The fraction of sp³-hybridized carbons (Fsp3) is 0.941. The molecule has 0 spiro atoms. The number of aliphatic carboxylic acids is 1. The van der Waals surface area contributed by atoms with Crippen molar-refractivity contribution < 1.29 is 193 Å². The highest BCUT2D eigenvalue weighted by Gasteiger charge is 2.60. The minimum absolute atomic E-state index is 0.945. The summed E-state index contributed by atoms with van der Waals surface area (Å²) in [7, 11) is 0. The number of aliphatic hydroxyl groups is 20. The monoisotopic (exact) mass is 1350 g/mol. The molecule has 92 heavy (non-hydrogen) atoms. The van der Waals surface area contributed by atoms with Gasteiger partial charge in [-0.05, 0) is 20.8 Å². The smallest absolute Gasteiger partial charge is 0.408 e. The molecule has 0 aromatic rings. The molecule has 21 fully saturated rings. The SMILES string of the molecule is CC(C)(C)OC(=O)NC(CC(=O)O)C(=O)NC[C@H]1O[C@@H]2O[C@H]3[C@H](O)[C@@H](O)[C@@H](O[C@H]4[C@H](O)[C@@H](O)[C@@H](O[C@H]5[C@H](O)[C@@H](O)[C@@H](O[C@H]6[C@H](O)[C@@H](O)[C@@H](O[C@H]7[C@H](O)[C@@H](O)[C@@H](O[C@H]8[C@H](O)C(O)[C@@H](O[C@H]1[C@H](O)[C@H]2O)O[C@@H]8CO)O[C@@H]7CO)O[C@@H]6CO)O[C@@H]5CO)O[C@@H]4CO)O[C@@H]3CO. The molecule has 23 N–H and O–H groups in total. The van der Waals surface area contributed by atoms with Crippen molar-refractivity contribution in [2.45, 2.75) is 254 Å². The summed E-state index contributed by atoms with van der Waals surface area (Å²) in [6.07, 6.45) is -76.2. The van der Waals surface area contributed by atoms with Gasteiger partial charge in [0.2, 0.25) is 5.91 Å². The number of amides is 2. The number of hydrogen-bond donors (Lipinski definition) is 23. The summed E-state index contributed by atoms with van der Waals surface area (Å²) in [5, 5.41) is 238. The van der Waals surface area contributed by atoms with Crippen LogP contribution < -0.4 is 10.6 Å². The Labute approximate surface area is 520 Å². The third-order valence-electron chi connectivity index (χ3n) is 16.5. The molecule has 0 saturated carbocycles. The van der Waals surface area contributed by atoms with Crippen LogP contribution in [0, 0.1) is 0 Å². The van der Waals surface area contributed by atoms with E-state index in [9.17, 15) is 122 Å². The predicted molar refractivity (Wildman–Crippen MR) is 280 cm³/mol. The van der Waals surface area contributed by atoms with Gasteiger partial charge in [0.05, 0.1) is 46.1 Å². The highest BCUT2D eigenvalue weighted by atomic mass is 16.8. The molecule has 0 radical (unpaired) electrons. The molecule has 41 nitrogen and oxygen atoms in total. The highest BCUT2D eigenvalue weighted by molar-refractivity contribution is 5.89. The third kappa shape index (κ3) is 16.2. The summed E-state index contributed by atoms with van der Waals surface area (Å²) in [6, 6.07) is -1.90.